The first-order valence-corrected chi connectivity index (χ1v) is 8.32. The lowest BCUT2D eigenvalue weighted by molar-refractivity contribution is -0.205. The summed E-state index contributed by atoms with van der Waals surface area (Å²) in [5, 5.41) is 7.59. The first-order chi connectivity index (χ1) is 13.2. The Balaban J connectivity index is 2.40. The van der Waals surface area contributed by atoms with Crippen LogP contribution in [0, 0.1) is 0 Å². The Morgan fingerprint density at radius 1 is 1.14 bits per heavy atom. The van der Waals surface area contributed by atoms with Crippen LogP contribution in [0.5, 0.6) is 0 Å². The molecule has 1 fully saturated rings. The molecule has 0 unspecified atom stereocenters. The van der Waals surface area contributed by atoms with Crippen LogP contribution in [-0.4, -0.2) is 77.5 Å². The van der Waals surface area contributed by atoms with E-state index in [0.29, 0.717) is 0 Å². The third kappa shape index (κ3) is 5.25. The van der Waals surface area contributed by atoms with Crippen molar-refractivity contribution in [3.05, 3.63) is 11.9 Å². The standard InChI is InChI=1S/C16H21N3O9/c1-8(20)25-7-13-15(28-10(3)22)14(12(6-26-13)27-9(2)21)19-5-11(17-18-19)16(23)24-4/h5,12-15H,6-7H2,1-4H3/t12-,13+,14-,15-/m0/s1. The van der Waals surface area contributed by atoms with E-state index in [1.165, 1.54) is 38.8 Å². The summed E-state index contributed by atoms with van der Waals surface area (Å²) in [7, 11) is 1.19. The third-order valence-electron chi connectivity index (χ3n) is 3.84. The van der Waals surface area contributed by atoms with Crippen molar-refractivity contribution in [2.45, 2.75) is 45.1 Å². The zero-order valence-electron chi connectivity index (χ0n) is 15.8. The van der Waals surface area contributed by atoms with Crippen LogP contribution in [-0.2, 0) is 38.1 Å². The maximum Gasteiger partial charge on any atom is 0.360 e. The number of hydrogen-bond acceptors (Lipinski definition) is 11. The zero-order valence-corrected chi connectivity index (χ0v) is 15.8. The van der Waals surface area contributed by atoms with E-state index in [1.807, 2.05) is 0 Å². The van der Waals surface area contributed by atoms with Crippen molar-refractivity contribution in [3.63, 3.8) is 0 Å². The molecule has 0 aromatic carbocycles. The fraction of sp³-hybridized carbons (Fsp3) is 0.625. The van der Waals surface area contributed by atoms with Gasteiger partial charge in [-0.25, -0.2) is 9.48 Å². The van der Waals surface area contributed by atoms with Crippen molar-refractivity contribution in [2.24, 2.45) is 0 Å². The lowest BCUT2D eigenvalue weighted by atomic mass is 9.97. The van der Waals surface area contributed by atoms with Crippen LogP contribution in [0.2, 0.25) is 0 Å². The lowest BCUT2D eigenvalue weighted by Gasteiger charge is -2.40. The summed E-state index contributed by atoms with van der Waals surface area (Å²) in [4.78, 5) is 46.0. The van der Waals surface area contributed by atoms with Gasteiger partial charge in [0.2, 0.25) is 0 Å². The quantitative estimate of drug-likeness (QED) is 0.448. The summed E-state index contributed by atoms with van der Waals surface area (Å²) < 4.78 is 27.0. The van der Waals surface area contributed by atoms with Gasteiger partial charge in [0.1, 0.15) is 18.8 Å². The summed E-state index contributed by atoms with van der Waals surface area (Å²) >= 11 is 0. The second kappa shape index (κ2) is 9.26. The minimum absolute atomic E-state index is 0.0820. The summed E-state index contributed by atoms with van der Waals surface area (Å²) in [5.74, 6) is -2.49. The molecule has 1 saturated heterocycles. The number of esters is 4. The lowest BCUT2D eigenvalue weighted by Crippen LogP contribution is -2.54. The molecule has 28 heavy (non-hydrogen) atoms. The normalized spacial score (nSPS) is 24.1. The molecule has 2 rings (SSSR count). The van der Waals surface area contributed by atoms with Crippen molar-refractivity contribution in [1.29, 1.82) is 0 Å². The number of nitrogens with zero attached hydrogens (tertiary/aromatic N) is 3. The highest BCUT2D eigenvalue weighted by atomic mass is 16.6. The highest BCUT2D eigenvalue weighted by Crippen LogP contribution is 2.31. The fourth-order valence-corrected chi connectivity index (χ4v) is 2.78. The minimum Gasteiger partial charge on any atom is -0.464 e. The largest absolute Gasteiger partial charge is 0.464 e. The van der Waals surface area contributed by atoms with E-state index in [4.69, 9.17) is 18.9 Å². The molecule has 0 radical (unpaired) electrons. The van der Waals surface area contributed by atoms with Crippen molar-refractivity contribution in [2.75, 3.05) is 20.3 Å². The Bertz CT molecular complexity index is 747. The van der Waals surface area contributed by atoms with E-state index in [0.717, 1.165) is 0 Å². The van der Waals surface area contributed by atoms with Crippen LogP contribution >= 0.6 is 0 Å². The van der Waals surface area contributed by atoms with Gasteiger partial charge >= 0.3 is 23.9 Å². The SMILES string of the molecule is COC(=O)c1cn([C@@H]2[C@@H](OC(C)=O)[C@@H](COC(C)=O)OC[C@@H]2OC(C)=O)nn1. The van der Waals surface area contributed by atoms with Crippen LogP contribution in [0.1, 0.15) is 37.3 Å². The minimum atomic E-state index is -1.04. The molecule has 12 nitrogen and oxygen atoms in total. The molecule has 0 spiro atoms. The summed E-state index contributed by atoms with van der Waals surface area (Å²) in [6.45, 7) is 3.35. The van der Waals surface area contributed by atoms with Gasteiger partial charge < -0.3 is 23.7 Å². The second-order valence-corrected chi connectivity index (χ2v) is 5.96. The van der Waals surface area contributed by atoms with Gasteiger partial charge in [-0.2, -0.15) is 0 Å². The van der Waals surface area contributed by atoms with Gasteiger partial charge in [0.25, 0.3) is 0 Å². The van der Waals surface area contributed by atoms with Crippen LogP contribution in [0.25, 0.3) is 0 Å². The highest BCUT2D eigenvalue weighted by molar-refractivity contribution is 5.86. The Kier molecular flexibility index (Phi) is 7.04. The molecular formula is C16H21N3O9. The number of methoxy groups -OCH3 is 1. The van der Waals surface area contributed by atoms with Gasteiger partial charge in [-0.1, -0.05) is 5.21 Å². The van der Waals surface area contributed by atoms with Gasteiger partial charge in [-0.3, -0.25) is 14.4 Å². The predicted molar refractivity (Wildman–Crippen MR) is 87.9 cm³/mol. The van der Waals surface area contributed by atoms with Crippen LogP contribution in [0.3, 0.4) is 0 Å². The Labute approximate surface area is 160 Å². The van der Waals surface area contributed by atoms with Gasteiger partial charge in [0.05, 0.1) is 19.9 Å². The number of carbonyl (C=O) groups is 4. The van der Waals surface area contributed by atoms with E-state index in [-0.39, 0.29) is 18.9 Å². The molecule has 1 aromatic heterocycles. The smallest absolute Gasteiger partial charge is 0.360 e. The average molecular weight is 399 g/mol. The van der Waals surface area contributed by atoms with E-state index < -0.39 is 48.2 Å². The van der Waals surface area contributed by atoms with Gasteiger partial charge in [0, 0.05) is 20.8 Å². The maximum atomic E-state index is 11.7. The van der Waals surface area contributed by atoms with Crippen LogP contribution in [0.15, 0.2) is 6.20 Å². The Morgan fingerprint density at radius 3 is 2.39 bits per heavy atom. The molecule has 1 aliphatic rings. The molecule has 1 aromatic rings. The van der Waals surface area contributed by atoms with Crippen molar-refractivity contribution in [1.82, 2.24) is 15.0 Å². The molecule has 0 N–H and O–H groups in total. The molecule has 0 saturated carbocycles. The third-order valence-corrected chi connectivity index (χ3v) is 3.84. The first kappa shape index (κ1) is 21.3. The Hall–Kier alpha value is -3.02. The van der Waals surface area contributed by atoms with E-state index in [2.05, 4.69) is 15.0 Å². The number of rotatable bonds is 6. The summed E-state index contributed by atoms with van der Waals surface area (Å²) in [6, 6.07) is -0.881. The topological polar surface area (TPSA) is 145 Å². The monoisotopic (exact) mass is 399 g/mol. The van der Waals surface area contributed by atoms with E-state index in [1.54, 1.807) is 0 Å². The van der Waals surface area contributed by atoms with Crippen molar-refractivity contribution >= 4 is 23.9 Å². The van der Waals surface area contributed by atoms with Crippen molar-refractivity contribution < 1.29 is 42.9 Å². The molecule has 1 aliphatic heterocycles. The number of hydrogen-bond donors (Lipinski definition) is 0. The molecule has 4 atom stereocenters. The van der Waals surface area contributed by atoms with E-state index >= 15 is 0 Å². The molecule has 154 valence electrons. The average Bonchev–Trinajstić information content (AvgIpc) is 3.09. The maximum absolute atomic E-state index is 11.7. The molecule has 2 heterocycles. The first-order valence-electron chi connectivity index (χ1n) is 8.32. The summed E-state index contributed by atoms with van der Waals surface area (Å²) in [5.41, 5.74) is -0.0892. The second-order valence-electron chi connectivity index (χ2n) is 5.96. The molecular weight excluding hydrogens is 378 g/mol. The van der Waals surface area contributed by atoms with Crippen LogP contribution < -0.4 is 0 Å². The number of carbonyl (C=O) groups excluding carboxylic acids is 4. The number of ether oxygens (including phenoxy) is 5. The number of aromatic nitrogens is 3. The zero-order chi connectivity index (χ0) is 20.8. The fourth-order valence-electron chi connectivity index (χ4n) is 2.78. The molecule has 12 heteroatoms. The Morgan fingerprint density at radius 2 is 1.82 bits per heavy atom. The van der Waals surface area contributed by atoms with Gasteiger partial charge in [0.15, 0.2) is 17.9 Å². The predicted octanol–water partition coefficient (Wildman–Crippen LogP) is -0.569. The van der Waals surface area contributed by atoms with Crippen LogP contribution in [0.4, 0.5) is 0 Å². The van der Waals surface area contributed by atoms with E-state index in [9.17, 15) is 19.2 Å². The highest BCUT2D eigenvalue weighted by Gasteiger charge is 2.47. The van der Waals surface area contributed by atoms with Gasteiger partial charge in [-0.05, 0) is 0 Å². The van der Waals surface area contributed by atoms with Crippen molar-refractivity contribution in [3.8, 4) is 0 Å². The van der Waals surface area contributed by atoms with Gasteiger partial charge in [-0.15, -0.1) is 5.10 Å². The molecule has 0 bridgehead atoms. The molecule has 0 amide bonds. The molecule has 0 aliphatic carbocycles. The summed E-state index contributed by atoms with van der Waals surface area (Å²) in [6.07, 6.45) is -1.52.